The third-order valence-corrected chi connectivity index (χ3v) is 4.80. The number of carbonyl (C=O) groups excluding carboxylic acids is 1. The molecule has 4 aromatic rings. The SMILES string of the molecule is Nc1nc2c3c(ccn3n1)C(c1ccc(O)cc1)C(=O)Nc1ccccc1-2. The normalized spacial score (nSPS) is 15.7. The lowest BCUT2D eigenvalue weighted by Gasteiger charge is -2.22. The molecule has 27 heavy (non-hydrogen) atoms. The number of amides is 1. The minimum Gasteiger partial charge on any atom is -0.508 e. The van der Waals surface area contributed by atoms with Crippen LogP contribution in [0.5, 0.6) is 5.75 Å². The summed E-state index contributed by atoms with van der Waals surface area (Å²) in [5, 5.41) is 16.9. The van der Waals surface area contributed by atoms with Crippen molar-refractivity contribution in [1.82, 2.24) is 14.6 Å². The summed E-state index contributed by atoms with van der Waals surface area (Å²) < 4.78 is 1.66. The van der Waals surface area contributed by atoms with Crippen molar-refractivity contribution in [1.29, 1.82) is 0 Å². The van der Waals surface area contributed by atoms with E-state index in [1.54, 1.807) is 35.0 Å². The Morgan fingerprint density at radius 2 is 1.85 bits per heavy atom. The molecule has 1 amide bonds. The Morgan fingerprint density at radius 3 is 2.67 bits per heavy atom. The second-order valence-corrected chi connectivity index (χ2v) is 6.44. The molecule has 2 aromatic heterocycles. The molecule has 0 bridgehead atoms. The minimum atomic E-state index is -0.574. The Kier molecular flexibility index (Phi) is 3.17. The van der Waals surface area contributed by atoms with E-state index in [-0.39, 0.29) is 17.6 Å². The maximum absolute atomic E-state index is 13.2. The molecule has 2 aromatic carbocycles. The molecule has 4 N–H and O–H groups in total. The zero-order valence-electron chi connectivity index (χ0n) is 14.1. The number of hydrogen-bond acceptors (Lipinski definition) is 5. The van der Waals surface area contributed by atoms with E-state index in [0.29, 0.717) is 11.4 Å². The fourth-order valence-electron chi connectivity index (χ4n) is 3.63. The van der Waals surface area contributed by atoms with Crippen molar-refractivity contribution >= 4 is 23.1 Å². The quantitative estimate of drug-likeness (QED) is 0.486. The lowest BCUT2D eigenvalue weighted by Crippen LogP contribution is -2.24. The molecule has 3 heterocycles. The van der Waals surface area contributed by atoms with Crippen LogP contribution in [0, 0.1) is 0 Å². The standard InChI is InChI=1S/C20H15N5O2/c21-20-23-17-13-3-1-2-4-15(13)22-19(27)16(11-5-7-12(26)8-6-11)14-9-10-25(24-20)18(14)17/h1-10,16,26H,(H2,21,24)(H,22,27). The third-order valence-electron chi connectivity index (χ3n) is 4.80. The molecule has 1 atom stereocenters. The van der Waals surface area contributed by atoms with E-state index >= 15 is 0 Å². The fourth-order valence-corrected chi connectivity index (χ4v) is 3.63. The van der Waals surface area contributed by atoms with Crippen molar-refractivity contribution in [3.63, 3.8) is 0 Å². The number of anilines is 2. The maximum Gasteiger partial charge on any atom is 0.238 e. The first kappa shape index (κ1) is 15.4. The van der Waals surface area contributed by atoms with Crippen LogP contribution in [0.15, 0.2) is 60.8 Å². The number of phenolic OH excluding ortho intramolecular Hbond substituents is 1. The van der Waals surface area contributed by atoms with Crippen LogP contribution in [0.2, 0.25) is 0 Å². The van der Waals surface area contributed by atoms with Crippen LogP contribution in [-0.4, -0.2) is 25.6 Å². The summed E-state index contributed by atoms with van der Waals surface area (Å²) in [6.45, 7) is 0. The van der Waals surface area contributed by atoms with Crippen molar-refractivity contribution in [3.05, 3.63) is 71.9 Å². The van der Waals surface area contributed by atoms with Crippen LogP contribution in [-0.2, 0) is 4.79 Å². The molecular weight excluding hydrogens is 342 g/mol. The highest BCUT2D eigenvalue weighted by Gasteiger charge is 2.31. The summed E-state index contributed by atoms with van der Waals surface area (Å²) in [6.07, 6.45) is 1.78. The van der Waals surface area contributed by atoms with Gasteiger partial charge in [0.2, 0.25) is 11.9 Å². The number of aromatic hydroxyl groups is 1. The molecule has 132 valence electrons. The van der Waals surface area contributed by atoms with Gasteiger partial charge in [-0.1, -0.05) is 30.3 Å². The molecule has 0 fully saturated rings. The van der Waals surface area contributed by atoms with Gasteiger partial charge >= 0.3 is 0 Å². The van der Waals surface area contributed by atoms with Crippen molar-refractivity contribution < 1.29 is 9.90 Å². The number of para-hydroxylation sites is 1. The number of benzene rings is 2. The van der Waals surface area contributed by atoms with E-state index in [2.05, 4.69) is 15.4 Å². The number of phenols is 1. The first-order valence-corrected chi connectivity index (χ1v) is 8.46. The van der Waals surface area contributed by atoms with E-state index in [1.807, 2.05) is 30.3 Å². The Bertz CT molecular complexity index is 1200. The van der Waals surface area contributed by atoms with Crippen molar-refractivity contribution in [2.45, 2.75) is 5.92 Å². The summed E-state index contributed by atoms with van der Waals surface area (Å²) in [4.78, 5) is 17.7. The van der Waals surface area contributed by atoms with Gasteiger partial charge in [-0.3, -0.25) is 4.79 Å². The molecule has 1 unspecified atom stereocenters. The zero-order valence-corrected chi connectivity index (χ0v) is 14.1. The van der Waals surface area contributed by atoms with Crippen LogP contribution in [0.4, 0.5) is 11.6 Å². The maximum atomic E-state index is 13.2. The van der Waals surface area contributed by atoms with E-state index in [9.17, 15) is 9.90 Å². The van der Waals surface area contributed by atoms with Gasteiger partial charge in [-0.15, -0.1) is 5.10 Å². The lowest BCUT2D eigenvalue weighted by molar-refractivity contribution is -0.116. The highest BCUT2D eigenvalue weighted by atomic mass is 16.3. The van der Waals surface area contributed by atoms with Gasteiger partial charge in [0.15, 0.2) is 0 Å². The van der Waals surface area contributed by atoms with Gasteiger partial charge in [-0.2, -0.15) is 0 Å². The topological polar surface area (TPSA) is 106 Å². The van der Waals surface area contributed by atoms with Crippen molar-refractivity contribution in [2.75, 3.05) is 11.1 Å². The number of nitrogens with two attached hydrogens (primary N) is 1. The van der Waals surface area contributed by atoms with E-state index in [0.717, 1.165) is 22.2 Å². The monoisotopic (exact) mass is 357 g/mol. The predicted molar refractivity (Wildman–Crippen MR) is 101 cm³/mol. The van der Waals surface area contributed by atoms with Gasteiger partial charge in [0.05, 0.1) is 17.1 Å². The number of nitrogens with one attached hydrogen (secondary N) is 1. The summed E-state index contributed by atoms with van der Waals surface area (Å²) in [7, 11) is 0. The number of nitrogen functional groups attached to an aromatic ring is 1. The molecule has 1 aliphatic rings. The zero-order chi connectivity index (χ0) is 18.5. The van der Waals surface area contributed by atoms with Gasteiger partial charge in [0.25, 0.3) is 0 Å². The molecule has 0 saturated carbocycles. The van der Waals surface area contributed by atoms with E-state index in [4.69, 9.17) is 5.73 Å². The predicted octanol–water partition coefficient (Wildman–Crippen LogP) is 2.77. The number of fused-ring (bicyclic) bond motifs is 2. The van der Waals surface area contributed by atoms with Crippen LogP contribution < -0.4 is 11.1 Å². The van der Waals surface area contributed by atoms with Crippen LogP contribution in [0.3, 0.4) is 0 Å². The number of nitrogens with zero attached hydrogens (tertiary/aromatic N) is 3. The molecule has 1 aliphatic heterocycles. The van der Waals surface area contributed by atoms with Crippen molar-refractivity contribution in [2.24, 2.45) is 0 Å². The molecular formula is C20H15N5O2. The molecule has 0 aliphatic carbocycles. The molecule has 7 heteroatoms. The first-order valence-electron chi connectivity index (χ1n) is 8.46. The van der Waals surface area contributed by atoms with Crippen LogP contribution >= 0.6 is 0 Å². The summed E-state index contributed by atoms with van der Waals surface area (Å²) >= 11 is 0. The summed E-state index contributed by atoms with van der Waals surface area (Å²) in [5.74, 6) is -0.435. The Morgan fingerprint density at radius 1 is 1.07 bits per heavy atom. The molecule has 0 saturated heterocycles. The van der Waals surface area contributed by atoms with Gasteiger partial charge in [-0.05, 0) is 35.4 Å². The highest BCUT2D eigenvalue weighted by Crippen LogP contribution is 2.39. The second-order valence-electron chi connectivity index (χ2n) is 6.44. The smallest absolute Gasteiger partial charge is 0.238 e. The minimum absolute atomic E-state index is 0.147. The highest BCUT2D eigenvalue weighted by molar-refractivity contribution is 6.05. The van der Waals surface area contributed by atoms with E-state index in [1.165, 1.54) is 0 Å². The largest absolute Gasteiger partial charge is 0.508 e. The molecule has 7 nitrogen and oxygen atoms in total. The second kappa shape index (κ2) is 5.57. The van der Waals surface area contributed by atoms with Gasteiger partial charge < -0.3 is 16.2 Å². The summed E-state index contributed by atoms with van der Waals surface area (Å²) in [5.41, 5.74) is 10.3. The van der Waals surface area contributed by atoms with E-state index < -0.39 is 5.92 Å². The Labute approximate surface area is 154 Å². The molecule has 0 radical (unpaired) electrons. The Hall–Kier alpha value is -3.87. The van der Waals surface area contributed by atoms with Gasteiger partial charge in [0.1, 0.15) is 11.4 Å². The van der Waals surface area contributed by atoms with Crippen LogP contribution in [0.25, 0.3) is 16.8 Å². The average molecular weight is 357 g/mol. The number of hydrogen-bond donors (Lipinski definition) is 3. The van der Waals surface area contributed by atoms with Gasteiger partial charge in [-0.25, -0.2) is 9.50 Å². The number of rotatable bonds is 1. The molecule has 0 spiro atoms. The number of aromatic nitrogens is 3. The lowest BCUT2D eigenvalue weighted by atomic mass is 9.88. The Balaban J connectivity index is 1.86. The summed E-state index contributed by atoms with van der Waals surface area (Å²) in [6, 6.07) is 16.0. The third kappa shape index (κ3) is 2.32. The number of carbonyl (C=O) groups is 1. The fraction of sp³-hybridized carbons (Fsp3) is 0.0500. The first-order chi connectivity index (χ1) is 13.1. The van der Waals surface area contributed by atoms with Gasteiger partial charge in [0, 0.05) is 11.8 Å². The average Bonchev–Trinajstić information content (AvgIpc) is 3.06. The van der Waals surface area contributed by atoms with Crippen molar-refractivity contribution in [3.8, 4) is 17.0 Å². The molecule has 5 rings (SSSR count). The van der Waals surface area contributed by atoms with Crippen LogP contribution in [0.1, 0.15) is 17.0 Å².